The highest BCUT2D eigenvalue weighted by Crippen LogP contribution is 2.38. The summed E-state index contributed by atoms with van der Waals surface area (Å²) in [5.74, 6) is -1.38. The second-order valence-corrected chi connectivity index (χ2v) is 12.0. The number of thiophene rings is 1. The molecule has 3 rings (SSSR count). The highest BCUT2D eigenvalue weighted by molar-refractivity contribution is 7.88. The number of amides is 5. The molecular weight excluding hydrogens is 512 g/mol. The predicted molar refractivity (Wildman–Crippen MR) is 133 cm³/mol. The number of nitrogens with one attached hydrogen (secondary N) is 2. The predicted octanol–water partition coefficient (Wildman–Crippen LogP) is 2.89. The molecule has 1 fully saturated rings. The Morgan fingerprint density at radius 3 is 2.44 bits per heavy atom. The number of imide groups is 1. The van der Waals surface area contributed by atoms with Crippen LogP contribution in [0.4, 0.5) is 20.3 Å². The fourth-order valence-electron chi connectivity index (χ4n) is 3.53. The number of carboxylic acid groups (broad SMARTS) is 1. The van der Waals surface area contributed by atoms with E-state index in [9.17, 15) is 32.7 Å². The molecule has 0 spiro atoms. The number of carbonyl (C=O) groups excluding carboxylic acids is 3. The second-order valence-electron chi connectivity index (χ2n) is 9.22. The largest absolute Gasteiger partial charge is 0.507 e. The molecule has 2 heterocycles. The molecule has 1 aliphatic rings. The smallest absolute Gasteiger partial charge is 0.421 e. The maximum Gasteiger partial charge on any atom is 0.421 e. The molecule has 1 aromatic carbocycles. The summed E-state index contributed by atoms with van der Waals surface area (Å²) in [5.41, 5.74) is 0.364. The van der Waals surface area contributed by atoms with E-state index in [2.05, 4.69) is 10.6 Å². The number of urea groups is 1. The molecule has 0 radical (unpaired) electrons. The molecule has 0 unspecified atom stereocenters. The van der Waals surface area contributed by atoms with Crippen molar-refractivity contribution in [2.24, 2.45) is 0 Å². The lowest BCUT2D eigenvalue weighted by Gasteiger charge is -2.29. The van der Waals surface area contributed by atoms with Crippen LogP contribution in [-0.2, 0) is 26.8 Å². The zero-order chi connectivity index (χ0) is 27.0. The third-order valence-corrected chi connectivity index (χ3v) is 7.32. The van der Waals surface area contributed by atoms with Gasteiger partial charge in [-0.2, -0.15) is 0 Å². The van der Waals surface area contributed by atoms with Crippen molar-refractivity contribution in [3.8, 4) is 5.75 Å². The van der Waals surface area contributed by atoms with Crippen molar-refractivity contribution in [1.29, 1.82) is 0 Å². The van der Waals surface area contributed by atoms with Gasteiger partial charge in [0.1, 0.15) is 5.75 Å². The Bertz CT molecular complexity index is 1340. The first-order valence-corrected chi connectivity index (χ1v) is 13.4. The number of benzene rings is 1. The van der Waals surface area contributed by atoms with Crippen LogP contribution in [0.1, 0.15) is 48.7 Å². The van der Waals surface area contributed by atoms with Crippen LogP contribution in [0.25, 0.3) is 0 Å². The summed E-state index contributed by atoms with van der Waals surface area (Å²) in [6, 6.07) is 3.73. The highest BCUT2D eigenvalue weighted by Gasteiger charge is 2.30. The van der Waals surface area contributed by atoms with Crippen molar-refractivity contribution in [2.75, 3.05) is 23.0 Å². The minimum absolute atomic E-state index is 0.0812. The molecule has 12 nitrogen and oxygen atoms in total. The Kier molecular flexibility index (Phi) is 7.32. The molecule has 4 N–H and O–H groups in total. The van der Waals surface area contributed by atoms with Gasteiger partial charge >= 0.3 is 12.1 Å². The van der Waals surface area contributed by atoms with Gasteiger partial charge in [0, 0.05) is 24.2 Å². The summed E-state index contributed by atoms with van der Waals surface area (Å²) in [7, 11) is -4.01. The first-order chi connectivity index (χ1) is 16.6. The number of anilines is 2. The fraction of sp³-hybridized carbons (Fsp3) is 0.364. The molecule has 1 aliphatic heterocycles. The molecule has 194 valence electrons. The minimum Gasteiger partial charge on any atom is -0.507 e. The van der Waals surface area contributed by atoms with E-state index in [-0.39, 0.29) is 33.6 Å². The van der Waals surface area contributed by atoms with Crippen molar-refractivity contribution >= 4 is 56.0 Å². The second kappa shape index (κ2) is 9.78. The van der Waals surface area contributed by atoms with Gasteiger partial charge in [0.25, 0.3) is 5.91 Å². The van der Waals surface area contributed by atoms with E-state index in [1.165, 1.54) is 22.4 Å². The van der Waals surface area contributed by atoms with Crippen LogP contribution >= 0.6 is 11.3 Å². The summed E-state index contributed by atoms with van der Waals surface area (Å²) >= 11 is 1.05. The maximum atomic E-state index is 13.1. The number of nitrogens with zero attached hydrogens (tertiary/aromatic N) is 2. The monoisotopic (exact) mass is 538 g/mol. The van der Waals surface area contributed by atoms with E-state index in [0.717, 1.165) is 17.6 Å². The van der Waals surface area contributed by atoms with E-state index in [4.69, 9.17) is 5.11 Å². The van der Waals surface area contributed by atoms with Gasteiger partial charge in [-0.25, -0.2) is 22.3 Å². The van der Waals surface area contributed by atoms with Gasteiger partial charge < -0.3 is 15.5 Å². The van der Waals surface area contributed by atoms with Crippen molar-refractivity contribution in [2.45, 2.75) is 39.2 Å². The van der Waals surface area contributed by atoms with Gasteiger partial charge in [-0.1, -0.05) is 20.8 Å². The first kappa shape index (κ1) is 26.9. The van der Waals surface area contributed by atoms with Crippen molar-refractivity contribution in [3.05, 3.63) is 40.3 Å². The Hall–Kier alpha value is -3.65. The number of carbonyl (C=O) groups is 4. The summed E-state index contributed by atoms with van der Waals surface area (Å²) in [6.45, 7) is 5.16. The van der Waals surface area contributed by atoms with Crippen LogP contribution in [0.5, 0.6) is 5.75 Å². The molecule has 0 aliphatic carbocycles. The van der Waals surface area contributed by atoms with Gasteiger partial charge in [0.15, 0.2) is 0 Å². The van der Waals surface area contributed by atoms with Crippen molar-refractivity contribution in [3.63, 3.8) is 0 Å². The molecule has 0 saturated carbocycles. The molecule has 2 aromatic rings. The van der Waals surface area contributed by atoms with Crippen LogP contribution in [0.15, 0.2) is 23.6 Å². The molecule has 5 amide bonds. The number of hydrogen-bond donors (Lipinski definition) is 4. The zero-order valence-corrected chi connectivity index (χ0v) is 21.6. The van der Waals surface area contributed by atoms with Gasteiger partial charge in [0.2, 0.25) is 15.9 Å². The summed E-state index contributed by atoms with van der Waals surface area (Å²) < 4.78 is 23.7. The van der Waals surface area contributed by atoms with Gasteiger partial charge in [-0.3, -0.25) is 19.8 Å². The average molecular weight is 539 g/mol. The number of phenolic OH excluding ortho intramolecular Hbond substituents is 1. The Morgan fingerprint density at radius 2 is 1.89 bits per heavy atom. The summed E-state index contributed by atoms with van der Waals surface area (Å²) in [4.78, 5) is 49.6. The summed E-state index contributed by atoms with van der Waals surface area (Å²) in [5, 5.41) is 26.7. The lowest BCUT2D eigenvalue weighted by Crippen LogP contribution is -2.49. The van der Waals surface area contributed by atoms with E-state index in [0.29, 0.717) is 16.8 Å². The fourth-order valence-corrected chi connectivity index (χ4v) is 4.99. The van der Waals surface area contributed by atoms with E-state index in [1.807, 2.05) is 20.8 Å². The van der Waals surface area contributed by atoms with Crippen LogP contribution in [-0.4, -0.2) is 59.7 Å². The molecular formula is C22H26N4O8S2. The van der Waals surface area contributed by atoms with Gasteiger partial charge in [0.05, 0.1) is 23.4 Å². The Balaban J connectivity index is 1.92. The third-order valence-electron chi connectivity index (χ3n) is 5.34. The lowest BCUT2D eigenvalue weighted by molar-refractivity contribution is -0.120. The normalized spacial score (nSPS) is 14.4. The number of sulfonamides is 1. The summed E-state index contributed by atoms with van der Waals surface area (Å²) in [6.07, 6.45) is -0.774. The Morgan fingerprint density at radius 1 is 1.22 bits per heavy atom. The van der Waals surface area contributed by atoms with Gasteiger partial charge in [-0.15, -0.1) is 11.3 Å². The van der Waals surface area contributed by atoms with Gasteiger partial charge in [-0.05, 0) is 34.6 Å². The molecule has 0 bridgehead atoms. The molecule has 0 atom stereocenters. The number of aromatic hydroxyl groups is 1. The van der Waals surface area contributed by atoms with Crippen molar-refractivity contribution < 1.29 is 37.8 Å². The first-order valence-electron chi connectivity index (χ1n) is 10.7. The van der Waals surface area contributed by atoms with Crippen LogP contribution < -0.4 is 15.5 Å². The zero-order valence-electron chi connectivity index (χ0n) is 20.0. The van der Waals surface area contributed by atoms with Crippen molar-refractivity contribution in [1.82, 2.24) is 9.62 Å². The quantitative estimate of drug-likeness (QED) is 0.434. The lowest BCUT2D eigenvalue weighted by atomic mass is 9.84. The topological polar surface area (TPSA) is 173 Å². The van der Waals surface area contributed by atoms with E-state index in [1.54, 1.807) is 6.07 Å². The van der Waals surface area contributed by atoms with Crippen LogP contribution in [0.2, 0.25) is 0 Å². The molecule has 1 aromatic heterocycles. The Labute approximate surface area is 211 Å². The SMILES string of the molecule is CC(C)(C)c1cc(N2CCC(=O)NC2=O)cc(C(=O)Nc2cc(CN(C(=O)O)S(C)(=O)=O)cs2)c1O. The van der Waals surface area contributed by atoms with Crippen LogP contribution in [0, 0.1) is 0 Å². The van der Waals surface area contributed by atoms with Crippen LogP contribution in [0.3, 0.4) is 0 Å². The highest BCUT2D eigenvalue weighted by atomic mass is 32.2. The van der Waals surface area contributed by atoms with E-state index < -0.39 is 45.9 Å². The third kappa shape index (κ3) is 5.94. The maximum absolute atomic E-state index is 13.1. The molecule has 14 heteroatoms. The number of hydrogen-bond acceptors (Lipinski definition) is 8. The standard InChI is InChI=1S/C22H26N4O8S2/c1-22(2,3)15-9-13(25-6-5-16(27)23-20(25)30)8-14(18(15)28)19(29)24-17-7-12(11-35-17)10-26(21(31)32)36(4,33)34/h7-9,11,28H,5-6,10H2,1-4H3,(H,24,29)(H,31,32)(H,23,27,30). The minimum atomic E-state index is -4.01. The average Bonchev–Trinajstić information content (AvgIpc) is 3.17. The van der Waals surface area contributed by atoms with E-state index >= 15 is 0 Å². The number of rotatable bonds is 6. The molecule has 1 saturated heterocycles. The molecule has 36 heavy (non-hydrogen) atoms. The number of phenols is 1.